The Bertz CT molecular complexity index is 444. The lowest BCUT2D eigenvalue weighted by atomic mass is 9.99. The molecule has 0 unspecified atom stereocenters. The molecule has 0 aromatic rings. The standard InChI is InChI=1S/C15H37NO8SSi2/c1-19-26(20-2,21-3)12-8-10-15(14-16-25(7,17)18)11-9-13-27(22-4,23-5)24-6/h15-16H,8-14H2,1-7H3. The van der Waals surface area contributed by atoms with Gasteiger partial charge in [0.2, 0.25) is 10.0 Å². The van der Waals surface area contributed by atoms with Crippen LogP contribution in [0.2, 0.25) is 12.1 Å². The smallest absolute Gasteiger partial charge is 0.377 e. The summed E-state index contributed by atoms with van der Waals surface area (Å²) in [5.41, 5.74) is 0. The highest BCUT2D eigenvalue weighted by molar-refractivity contribution is 7.88. The van der Waals surface area contributed by atoms with Gasteiger partial charge in [0.15, 0.2) is 0 Å². The topological polar surface area (TPSA) is 102 Å². The molecule has 0 aromatic heterocycles. The van der Waals surface area contributed by atoms with Crippen molar-refractivity contribution in [3.63, 3.8) is 0 Å². The highest BCUT2D eigenvalue weighted by Crippen LogP contribution is 2.24. The normalized spacial score (nSPS) is 13.5. The van der Waals surface area contributed by atoms with Crippen LogP contribution < -0.4 is 4.72 Å². The van der Waals surface area contributed by atoms with Crippen LogP contribution in [-0.4, -0.2) is 81.5 Å². The molecule has 0 bridgehead atoms. The number of rotatable bonds is 17. The van der Waals surface area contributed by atoms with Crippen LogP contribution >= 0.6 is 0 Å². The van der Waals surface area contributed by atoms with Gasteiger partial charge >= 0.3 is 17.6 Å². The molecule has 0 spiro atoms. The molecule has 0 amide bonds. The summed E-state index contributed by atoms with van der Waals surface area (Å²) < 4.78 is 58.2. The van der Waals surface area contributed by atoms with Crippen molar-refractivity contribution < 1.29 is 35.0 Å². The van der Waals surface area contributed by atoms with E-state index >= 15 is 0 Å². The Morgan fingerprint density at radius 1 is 0.741 bits per heavy atom. The molecule has 0 fully saturated rings. The van der Waals surface area contributed by atoms with Crippen molar-refractivity contribution in [2.24, 2.45) is 5.92 Å². The minimum absolute atomic E-state index is 0.175. The van der Waals surface area contributed by atoms with Gasteiger partial charge in [-0.1, -0.05) is 0 Å². The quantitative estimate of drug-likeness (QED) is 0.335. The summed E-state index contributed by atoms with van der Waals surface area (Å²) in [5, 5.41) is 0. The maximum atomic E-state index is 11.5. The highest BCUT2D eigenvalue weighted by Gasteiger charge is 2.38. The molecule has 0 atom stereocenters. The first-order chi connectivity index (χ1) is 12.6. The van der Waals surface area contributed by atoms with E-state index in [-0.39, 0.29) is 5.92 Å². The zero-order chi connectivity index (χ0) is 21.0. The van der Waals surface area contributed by atoms with E-state index in [0.717, 1.165) is 25.7 Å². The molecular formula is C15H37NO8SSi2. The molecule has 0 aromatic carbocycles. The second-order valence-corrected chi connectivity index (χ2v) is 14.4. The molecule has 1 N–H and O–H groups in total. The van der Waals surface area contributed by atoms with Crippen LogP contribution in [0.25, 0.3) is 0 Å². The Hall–Kier alpha value is 0.104. The van der Waals surface area contributed by atoms with Crippen LogP contribution in [0.4, 0.5) is 0 Å². The number of sulfonamides is 1. The summed E-state index contributed by atoms with van der Waals surface area (Å²) in [4.78, 5) is 0. The SMILES string of the molecule is CO[Si](CCCC(CCC[Si](OC)(OC)OC)CNS(C)(=O)=O)(OC)OC. The maximum absolute atomic E-state index is 11.5. The fourth-order valence-corrected chi connectivity index (χ4v) is 6.98. The molecule has 0 aliphatic heterocycles. The van der Waals surface area contributed by atoms with E-state index in [1.807, 2.05) is 0 Å². The van der Waals surface area contributed by atoms with Gasteiger partial charge in [-0.25, -0.2) is 13.1 Å². The minimum atomic E-state index is -3.23. The van der Waals surface area contributed by atoms with Gasteiger partial charge in [-0.2, -0.15) is 0 Å². The number of hydrogen-bond donors (Lipinski definition) is 1. The van der Waals surface area contributed by atoms with E-state index in [9.17, 15) is 8.42 Å². The molecule has 0 aliphatic rings. The third-order valence-corrected chi connectivity index (χ3v) is 11.0. The van der Waals surface area contributed by atoms with Crippen LogP contribution in [0.1, 0.15) is 25.7 Å². The van der Waals surface area contributed by atoms with E-state index < -0.39 is 27.6 Å². The van der Waals surface area contributed by atoms with Gasteiger partial charge in [-0.05, 0) is 31.6 Å². The van der Waals surface area contributed by atoms with Gasteiger partial charge in [-0.3, -0.25) is 0 Å². The van der Waals surface area contributed by atoms with Crippen molar-refractivity contribution in [3.05, 3.63) is 0 Å². The average molecular weight is 448 g/mol. The molecule has 27 heavy (non-hydrogen) atoms. The minimum Gasteiger partial charge on any atom is -0.377 e. The van der Waals surface area contributed by atoms with Crippen LogP contribution in [0, 0.1) is 5.92 Å². The predicted octanol–water partition coefficient (Wildman–Crippen LogP) is 1.47. The van der Waals surface area contributed by atoms with Crippen LogP contribution in [0.3, 0.4) is 0 Å². The molecule has 9 nitrogen and oxygen atoms in total. The molecule has 0 rings (SSSR count). The van der Waals surface area contributed by atoms with Gasteiger partial charge < -0.3 is 26.6 Å². The Morgan fingerprint density at radius 3 is 1.33 bits per heavy atom. The first-order valence-corrected chi connectivity index (χ1v) is 14.7. The summed E-state index contributed by atoms with van der Waals surface area (Å²) in [5.74, 6) is 0.175. The highest BCUT2D eigenvalue weighted by atomic mass is 32.2. The molecule has 0 saturated heterocycles. The van der Waals surface area contributed by atoms with E-state index in [1.165, 1.54) is 6.26 Å². The zero-order valence-electron chi connectivity index (χ0n) is 17.7. The lowest BCUT2D eigenvalue weighted by molar-refractivity contribution is 0.121. The van der Waals surface area contributed by atoms with Crippen LogP contribution in [0.5, 0.6) is 0 Å². The third-order valence-electron chi connectivity index (χ3n) is 4.69. The largest absolute Gasteiger partial charge is 0.500 e. The second-order valence-electron chi connectivity index (χ2n) is 6.36. The van der Waals surface area contributed by atoms with E-state index in [0.29, 0.717) is 18.6 Å². The molecule has 164 valence electrons. The van der Waals surface area contributed by atoms with Crippen molar-refractivity contribution >= 4 is 27.6 Å². The van der Waals surface area contributed by atoms with Gasteiger partial charge in [0.25, 0.3) is 0 Å². The fourth-order valence-electron chi connectivity index (χ4n) is 2.94. The molecular weight excluding hydrogens is 410 g/mol. The third kappa shape index (κ3) is 10.4. The molecule has 0 radical (unpaired) electrons. The monoisotopic (exact) mass is 447 g/mol. The Morgan fingerprint density at radius 2 is 1.07 bits per heavy atom. The molecule has 0 aliphatic carbocycles. The summed E-state index contributed by atoms with van der Waals surface area (Å²) in [6.45, 7) is 0.391. The fraction of sp³-hybridized carbons (Fsp3) is 1.00. The van der Waals surface area contributed by atoms with E-state index in [1.54, 1.807) is 42.7 Å². The zero-order valence-corrected chi connectivity index (χ0v) is 20.5. The first-order valence-electron chi connectivity index (χ1n) is 8.91. The first kappa shape index (κ1) is 27.1. The Labute approximate surface area is 166 Å². The van der Waals surface area contributed by atoms with Crippen molar-refractivity contribution in [3.8, 4) is 0 Å². The van der Waals surface area contributed by atoms with Crippen LogP contribution in [0.15, 0.2) is 0 Å². The summed E-state index contributed by atoms with van der Waals surface area (Å²) in [6, 6.07) is 1.36. The predicted molar refractivity (Wildman–Crippen MR) is 108 cm³/mol. The van der Waals surface area contributed by atoms with Crippen molar-refractivity contribution in [1.82, 2.24) is 4.72 Å². The lowest BCUT2D eigenvalue weighted by Gasteiger charge is -2.26. The van der Waals surface area contributed by atoms with Crippen molar-refractivity contribution in [1.29, 1.82) is 0 Å². The lowest BCUT2D eigenvalue weighted by Crippen LogP contribution is -2.43. The van der Waals surface area contributed by atoms with Gasteiger partial charge in [0, 0.05) is 61.3 Å². The van der Waals surface area contributed by atoms with Gasteiger partial charge in [0.05, 0.1) is 6.26 Å². The second kappa shape index (κ2) is 13.3. The van der Waals surface area contributed by atoms with Crippen molar-refractivity contribution in [2.45, 2.75) is 37.8 Å². The Kier molecular flexibility index (Phi) is 13.4. The van der Waals surface area contributed by atoms with Crippen molar-refractivity contribution in [2.75, 3.05) is 55.5 Å². The summed E-state index contributed by atoms with van der Waals surface area (Å²) in [7, 11) is 1.07. The van der Waals surface area contributed by atoms with Gasteiger partial charge in [0.1, 0.15) is 0 Å². The summed E-state index contributed by atoms with van der Waals surface area (Å²) >= 11 is 0. The summed E-state index contributed by atoms with van der Waals surface area (Å²) in [6.07, 6.45) is 4.46. The molecule has 0 saturated carbocycles. The van der Waals surface area contributed by atoms with E-state index in [2.05, 4.69) is 4.72 Å². The number of hydrogen-bond acceptors (Lipinski definition) is 8. The van der Waals surface area contributed by atoms with Crippen LogP contribution in [-0.2, 0) is 36.6 Å². The number of nitrogens with one attached hydrogen (secondary N) is 1. The maximum Gasteiger partial charge on any atom is 0.500 e. The van der Waals surface area contributed by atoms with Gasteiger partial charge in [-0.15, -0.1) is 0 Å². The Balaban J connectivity index is 4.73. The van der Waals surface area contributed by atoms with E-state index in [4.69, 9.17) is 26.6 Å². The molecule has 0 heterocycles. The molecule has 12 heteroatoms. The average Bonchev–Trinajstić information content (AvgIpc) is 2.66.